The van der Waals surface area contributed by atoms with Crippen LogP contribution in [0.2, 0.25) is 0 Å². The van der Waals surface area contributed by atoms with Crippen LogP contribution in [0.1, 0.15) is 42.7 Å². The second-order valence-corrected chi connectivity index (χ2v) is 4.89. The van der Waals surface area contributed by atoms with Crippen LogP contribution >= 0.6 is 0 Å². The molecule has 1 fully saturated rings. The molecule has 1 saturated carbocycles. The summed E-state index contributed by atoms with van der Waals surface area (Å²) in [6, 6.07) is 8.68. The molecular formula is C14H16O. The molecule has 3 rings (SSSR count). The highest BCUT2D eigenvalue weighted by Gasteiger charge is 2.34. The molecule has 78 valence electrons. The van der Waals surface area contributed by atoms with Crippen LogP contribution in [0, 0.1) is 5.92 Å². The van der Waals surface area contributed by atoms with Gasteiger partial charge in [0, 0.05) is 12.8 Å². The van der Waals surface area contributed by atoms with Crippen molar-refractivity contribution >= 4 is 5.78 Å². The van der Waals surface area contributed by atoms with Gasteiger partial charge in [-0.3, -0.25) is 4.79 Å². The van der Waals surface area contributed by atoms with Crippen molar-refractivity contribution in [3.8, 4) is 0 Å². The second kappa shape index (κ2) is 3.48. The van der Waals surface area contributed by atoms with Crippen molar-refractivity contribution in [3.05, 3.63) is 35.4 Å². The minimum Gasteiger partial charge on any atom is -0.300 e. The summed E-state index contributed by atoms with van der Waals surface area (Å²) in [5.74, 6) is 1.78. The molecule has 2 atom stereocenters. The minimum absolute atomic E-state index is 0.466. The monoisotopic (exact) mass is 200 g/mol. The predicted molar refractivity (Wildman–Crippen MR) is 59.9 cm³/mol. The summed E-state index contributed by atoms with van der Waals surface area (Å²) in [5, 5.41) is 0. The highest BCUT2D eigenvalue weighted by molar-refractivity contribution is 5.80. The maximum absolute atomic E-state index is 11.5. The molecule has 2 aliphatic carbocycles. The van der Waals surface area contributed by atoms with E-state index in [2.05, 4.69) is 24.3 Å². The molecule has 1 heteroatoms. The number of aryl methyl sites for hydroxylation is 1. The molecule has 0 N–H and O–H groups in total. The number of benzene rings is 1. The normalized spacial score (nSPS) is 29.5. The Kier molecular flexibility index (Phi) is 2.12. The lowest BCUT2D eigenvalue weighted by Gasteiger charge is -2.36. The average molecular weight is 200 g/mol. The van der Waals surface area contributed by atoms with Gasteiger partial charge < -0.3 is 0 Å². The second-order valence-electron chi connectivity index (χ2n) is 4.89. The van der Waals surface area contributed by atoms with E-state index in [4.69, 9.17) is 0 Å². The molecule has 0 radical (unpaired) electrons. The van der Waals surface area contributed by atoms with Gasteiger partial charge in [0.25, 0.3) is 0 Å². The quantitative estimate of drug-likeness (QED) is 0.629. The fourth-order valence-electron chi connectivity index (χ4n) is 3.24. The van der Waals surface area contributed by atoms with Crippen molar-refractivity contribution in [1.29, 1.82) is 0 Å². The van der Waals surface area contributed by atoms with Gasteiger partial charge in [0.15, 0.2) is 0 Å². The first-order valence-electron chi connectivity index (χ1n) is 5.94. The number of hydrogen-bond donors (Lipinski definition) is 0. The van der Waals surface area contributed by atoms with E-state index in [1.54, 1.807) is 0 Å². The van der Waals surface area contributed by atoms with Crippen LogP contribution in [-0.2, 0) is 11.2 Å². The predicted octanol–water partition coefficient (Wildman–Crippen LogP) is 3.09. The molecule has 1 aromatic carbocycles. The van der Waals surface area contributed by atoms with E-state index < -0.39 is 0 Å². The average Bonchev–Trinajstić information content (AvgIpc) is 2.29. The zero-order valence-corrected chi connectivity index (χ0v) is 8.91. The number of rotatable bonds is 0. The van der Waals surface area contributed by atoms with Crippen LogP contribution in [-0.4, -0.2) is 5.78 Å². The Hall–Kier alpha value is -1.11. The summed E-state index contributed by atoms with van der Waals surface area (Å²) in [6.45, 7) is 0. The lowest BCUT2D eigenvalue weighted by molar-refractivity contribution is -0.121. The molecule has 0 spiro atoms. The van der Waals surface area contributed by atoms with Crippen LogP contribution in [0.15, 0.2) is 24.3 Å². The van der Waals surface area contributed by atoms with Crippen molar-refractivity contribution in [2.45, 2.75) is 38.0 Å². The highest BCUT2D eigenvalue weighted by Crippen LogP contribution is 2.43. The lowest BCUT2D eigenvalue weighted by atomic mass is 9.68. The van der Waals surface area contributed by atoms with E-state index in [9.17, 15) is 4.79 Å². The van der Waals surface area contributed by atoms with Crippen LogP contribution < -0.4 is 0 Å². The molecule has 0 bridgehead atoms. The largest absolute Gasteiger partial charge is 0.300 e. The van der Waals surface area contributed by atoms with Gasteiger partial charge >= 0.3 is 0 Å². The summed E-state index contributed by atoms with van der Waals surface area (Å²) in [6.07, 6.45) is 5.24. The molecule has 0 amide bonds. The summed E-state index contributed by atoms with van der Waals surface area (Å²) in [5.41, 5.74) is 2.94. The van der Waals surface area contributed by atoms with Crippen molar-refractivity contribution in [2.75, 3.05) is 0 Å². The molecule has 15 heavy (non-hydrogen) atoms. The first-order valence-corrected chi connectivity index (χ1v) is 5.94. The molecular weight excluding hydrogens is 184 g/mol. The Morgan fingerprint density at radius 2 is 1.87 bits per heavy atom. The molecule has 0 saturated heterocycles. The minimum atomic E-state index is 0.466. The van der Waals surface area contributed by atoms with Gasteiger partial charge in [0.2, 0.25) is 0 Å². The Morgan fingerprint density at radius 1 is 1.07 bits per heavy atom. The molecule has 0 heterocycles. The smallest absolute Gasteiger partial charge is 0.133 e. The summed E-state index contributed by atoms with van der Waals surface area (Å²) in [4.78, 5) is 11.5. The topological polar surface area (TPSA) is 17.1 Å². The Balaban J connectivity index is 2.00. The molecule has 1 nitrogen and oxygen atoms in total. The Morgan fingerprint density at radius 3 is 2.80 bits per heavy atom. The lowest BCUT2D eigenvalue weighted by Crippen LogP contribution is -2.27. The zero-order chi connectivity index (χ0) is 10.3. The van der Waals surface area contributed by atoms with Gasteiger partial charge in [0.05, 0.1) is 0 Å². The maximum atomic E-state index is 11.5. The van der Waals surface area contributed by atoms with Gasteiger partial charge in [-0.15, -0.1) is 0 Å². The third kappa shape index (κ3) is 1.50. The van der Waals surface area contributed by atoms with Gasteiger partial charge in [0.1, 0.15) is 5.78 Å². The van der Waals surface area contributed by atoms with E-state index >= 15 is 0 Å². The molecule has 1 aromatic rings. The number of Topliss-reactive ketones (excluding diaryl/α,β-unsaturated/α-hetero) is 1. The summed E-state index contributed by atoms with van der Waals surface area (Å²) < 4.78 is 0. The van der Waals surface area contributed by atoms with Gasteiger partial charge in [-0.2, -0.15) is 0 Å². The first-order chi connectivity index (χ1) is 7.34. The Bertz CT molecular complexity index is 394. The van der Waals surface area contributed by atoms with Gasteiger partial charge in [-0.1, -0.05) is 24.3 Å². The third-order valence-corrected chi connectivity index (χ3v) is 4.05. The summed E-state index contributed by atoms with van der Waals surface area (Å²) in [7, 11) is 0. The van der Waals surface area contributed by atoms with Gasteiger partial charge in [-0.05, 0) is 42.2 Å². The van der Waals surface area contributed by atoms with E-state index in [1.165, 1.54) is 24.0 Å². The molecule has 0 unspecified atom stereocenters. The first kappa shape index (κ1) is 9.14. The van der Waals surface area contributed by atoms with Crippen LogP contribution in [0.25, 0.3) is 0 Å². The fourth-order valence-corrected chi connectivity index (χ4v) is 3.24. The van der Waals surface area contributed by atoms with E-state index in [-0.39, 0.29) is 0 Å². The van der Waals surface area contributed by atoms with Crippen LogP contribution in [0.3, 0.4) is 0 Å². The van der Waals surface area contributed by atoms with Crippen LogP contribution in [0.4, 0.5) is 0 Å². The third-order valence-electron chi connectivity index (χ3n) is 4.05. The number of ketones is 1. The summed E-state index contributed by atoms with van der Waals surface area (Å²) >= 11 is 0. The number of fused-ring (bicyclic) bond motifs is 3. The number of carbonyl (C=O) groups is 1. The van der Waals surface area contributed by atoms with Crippen molar-refractivity contribution in [3.63, 3.8) is 0 Å². The zero-order valence-electron chi connectivity index (χ0n) is 8.91. The molecule has 0 aliphatic heterocycles. The SMILES string of the molecule is O=C1CC[C@@H]2CCc3ccccc3[C@@H]2C1. The van der Waals surface area contributed by atoms with Crippen LogP contribution in [0.5, 0.6) is 0 Å². The van der Waals surface area contributed by atoms with Gasteiger partial charge in [-0.25, -0.2) is 0 Å². The fraction of sp³-hybridized carbons (Fsp3) is 0.500. The van der Waals surface area contributed by atoms with Crippen molar-refractivity contribution in [1.82, 2.24) is 0 Å². The van der Waals surface area contributed by atoms with Crippen molar-refractivity contribution in [2.24, 2.45) is 5.92 Å². The number of hydrogen-bond acceptors (Lipinski definition) is 1. The van der Waals surface area contributed by atoms with E-state index in [1.807, 2.05) is 0 Å². The standard InChI is InChI=1S/C14H16O/c15-12-8-7-11-6-5-10-3-1-2-4-13(10)14(11)9-12/h1-4,11,14H,5-9H2/t11-,14+/m0/s1. The molecule has 0 aromatic heterocycles. The maximum Gasteiger partial charge on any atom is 0.133 e. The van der Waals surface area contributed by atoms with Crippen molar-refractivity contribution < 1.29 is 4.79 Å². The Labute approximate surface area is 90.5 Å². The highest BCUT2D eigenvalue weighted by atomic mass is 16.1. The van der Waals surface area contributed by atoms with E-state index in [0.29, 0.717) is 11.7 Å². The number of carbonyl (C=O) groups excluding carboxylic acids is 1. The molecule has 2 aliphatic rings. The van der Waals surface area contributed by atoms with E-state index in [0.717, 1.165) is 25.2 Å².